The van der Waals surface area contributed by atoms with Crippen molar-refractivity contribution in [2.24, 2.45) is 5.84 Å². The minimum Gasteiger partial charge on any atom is -0.400 e. The first kappa shape index (κ1) is 12.4. The second kappa shape index (κ2) is 4.09. The van der Waals surface area contributed by atoms with Crippen LogP contribution >= 0.6 is 0 Å². The molecule has 0 aliphatic carbocycles. The standard InChI is InChI=1S/C5H7FN2O7S/c1-16(11,12)8(7)4(9)14-3-2(6)13-5(10)15-3/h2-3H,7H2,1H3. The Morgan fingerprint density at radius 1 is 1.56 bits per heavy atom. The number of carbonyl (C=O) groups is 2. The van der Waals surface area contributed by atoms with Gasteiger partial charge in [-0.3, -0.25) is 0 Å². The van der Waals surface area contributed by atoms with Crippen molar-refractivity contribution in [3.8, 4) is 0 Å². The van der Waals surface area contributed by atoms with E-state index in [0.29, 0.717) is 6.26 Å². The summed E-state index contributed by atoms with van der Waals surface area (Å²) >= 11 is 0. The van der Waals surface area contributed by atoms with Crippen LogP contribution in [0.25, 0.3) is 0 Å². The number of nitrogens with two attached hydrogens (primary N) is 1. The van der Waals surface area contributed by atoms with Crippen molar-refractivity contribution in [1.82, 2.24) is 4.41 Å². The zero-order valence-electron chi connectivity index (χ0n) is 7.82. The molecule has 0 radical (unpaired) electrons. The van der Waals surface area contributed by atoms with E-state index < -0.39 is 34.9 Å². The molecule has 9 nitrogen and oxygen atoms in total. The van der Waals surface area contributed by atoms with Gasteiger partial charge in [-0.05, 0) is 0 Å². The molecule has 1 heterocycles. The molecular formula is C5H7FN2O7S. The number of hydrogen-bond acceptors (Lipinski definition) is 8. The molecule has 1 aliphatic heterocycles. The Morgan fingerprint density at radius 2 is 2.12 bits per heavy atom. The van der Waals surface area contributed by atoms with Crippen LogP contribution in [0.5, 0.6) is 0 Å². The zero-order valence-corrected chi connectivity index (χ0v) is 8.64. The maximum Gasteiger partial charge on any atom is 0.514 e. The van der Waals surface area contributed by atoms with Crippen LogP contribution in [0.2, 0.25) is 0 Å². The Kier molecular flexibility index (Phi) is 3.19. The van der Waals surface area contributed by atoms with Gasteiger partial charge in [-0.15, -0.1) is 4.41 Å². The van der Waals surface area contributed by atoms with Crippen molar-refractivity contribution >= 4 is 22.3 Å². The summed E-state index contributed by atoms with van der Waals surface area (Å²) in [5.41, 5.74) is 0. The smallest absolute Gasteiger partial charge is 0.400 e. The molecule has 11 heteroatoms. The van der Waals surface area contributed by atoms with Crippen LogP contribution in [0.3, 0.4) is 0 Å². The SMILES string of the molecule is CS(=O)(=O)N(N)C(=O)OC1OC(=O)OC1F. The van der Waals surface area contributed by atoms with E-state index in [4.69, 9.17) is 5.84 Å². The zero-order chi connectivity index (χ0) is 12.5. The van der Waals surface area contributed by atoms with Gasteiger partial charge in [0.25, 0.3) is 10.0 Å². The van der Waals surface area contributed by atoms with E-state index in [9.17, 15) is 22.4 Å². The molecule has 1 fully saturated rings. The van der Waals surface area contributed by atoms with Gasteiger partial charge >= 0.3 is 24.9 Å². The van der Waals surface area contributed by atoms with Crippen molar-refractivity contribution in [2.45, 2.75) is 12.6 Å². The highest BCUT2D eigenvalue weighted by Gasteiger charge is 2.41. The predicted molar refractivity (Wildman–Crippen MR) is 43.6 cm³/mol. The fourth-order valence-electron chi connectivity index (χ4n) is 0.688. The maximum absolute atomic E-state index is 12.7. The first-order chi connectivity index (χ1) is 7.21. The Labute approximate surface area is 88.9 Å². The van der Waals surface area contributed by atoms with Crippen LogP contribution in [-0.2, 0) is 24.2 Å². The quantitative estimate of drug-likeness (QED) is 0.291. The van der Waals surface area contributed by atoms with Crippen LogP contribution < -0.4 is 5.84 Å². The van der Waals surface area contributed by atoms with E-state index in [0.717, 1.165) is 0 Å². The van der Waals surface area contributed by atoms with E-state index in [2.05, 4.69) is 14.2 Å². The number of rotatable bonds is 2. The van der Waals surface area contributed by atoms with Gasteiger partial charge < -0.3 is 14.2 Å². The van der Waals surface area contributed by atoms with Crippen LogP contribution in [-0.4, -0.2) is 44.0 Å². The third-order valence-electron chi connectivity index (χ3n) is 1.39. The molecule has 2 atom stereocenters. The number of nitrogens with zero attached hydrogens (tertiary/aromatic N) is 1. The fraction of sp³-hybridized carbons (Fsp3) is 0.600. The van der Waals surface area contributed by atoms with Gasteiger partial charge in [0.15, 0.2) is 0 Å². The van der Waals surface area contributed by atoms with Crippen molar-refractivity contribution in [3.63, 3.8) is 0 Å². The molecule has 2 unspecified atom stereocenters. The summed E-state index contributed by atoms with van der Waals surface area (Å²) in [5, 5.41) is 0. The average Bonchev–Trinajstić information content (AvgIpc) is 2.42. The molecular weight excluding hydrogens is 251 g/mol. The highest BCUT2D eigenvalue weighted by Crippen LogP contribution is 2.18. The number of ether oxygens (including phenoxy) is 3. The van der Waals surface area contributed by atoms with Crippen molar-refractivity contribution in [3.05, 3.63) is 0 Å². The normalized spacial score (nSPS) is 24.6. The van der Waals surface area contributed by atoms with Gasteiger partial charge in [-0.1, -0.05) is 0 Å². The Hall–Kier alpha value is -1.62. The molecule has 0 aromatic carbocycles. The van der Waals surface area contributed by atoms with Crippen LogP contribution in [0.4, 0.5) is 14.0 Å². The molecule has 0 spiro atoms. The second-order valence-electron chi connectivity index (χ2n) is 2.65. The van der Waals surface area contributed by atoms with Crippen molar-refractivity contribution in [2.75, 3.05) is 6.26 Å². The van der Waals surface area contributed by atoms with Gasteiger partial charge in [0.1, 0.15) is 0 Å². The summed E-state index contributed by atoms with van der Waals surface area (Å²) in [6.45, 7) is 0. The summed E-state index contributed by atoms with van der Waals surface area (Å²) in [7, 11) is -4.04. The van der Waals surface area contributed by atoms with Crippen molar-refractivity contribution < 1.29 is 36.6 Å². The molecule has 1 saturated heterocycles. The third kappa shape index (κ3) is 2.70. The van der Waals surface area contributed by atoms with Gasteiger partial charge in [-0.25, -0.2) is 23.8 Å². The molecule has 0 saturated carbocycles. The summed E-state index contributed by atoms with van der Waals surface area (Å²) < 4.78 is 46.0. The second-order valence-corrected chi connectivity index (χ2v) is 4.51. The summed E-state index contributed by atoms with van der Waals surface area (Å²) in [4.78, 5) is 21.4. The van der Waals surface area contributed by atoms with Crippen LogP contribution in [0, 0.1) is 0 Å². The van der Waals surface area contributed by atoms with Gasteiger partial charge in [0.2, 0.25) is 0 Å². The summed E-state index contributed by atoms with van der Waals surface area (Å²) in [6, 6.07) is 0. The molecule has 1 amide bonds. The number of hydrogen-bond donors (Lipinski definition) is 1. The lowest BCUT2D eigenvalue weighted by molar-refractivity contribution is -0.101. The monoisotopic (exact) mass is 258 g/mol. The largest absolute Gasteiger partial charge is 0.514 e. The number of carbonyl (C=O) groups excluding carboxylic acids is 2. The lowest BCUT2D eigenvalue weighted by atomic mass is 10.6. The predicted octanol–water partition coefficient (Wildman–Crippen LogP) is -0.953. The highest BCUT2D eigenvalue weighted by molar-refractivity contribution is 7.88. The van der Waals surface area contributed by atoms with E-state index in [1.807, 2.05) is 0 Å². The highest BCUT2D eigenvalue weighted by atomic mass is 32.2. The molecule has 16 heavy (non-hydrogen) atoms. The maximum atomic E-state index is 12.7. The minimum atomic E-state index is -4.04. The number of cyclic esters (lactones) is 2. The first-order valence-corrected chi connectivity index (χ1v) is 5.53. The first-order valence-electron chi connectivity index (χ1n) is 3.69. The number of alkyl halides is 1. The van der Waals surface area contributed by atoms with Gasteiger partial charge in [-0.2, -0.15) is 4.39 Å². The molecule has 0 aromatic heterocycles. The summed E-state index contributed by atoms with van der Waals surface area (Å²) in [5.74, 6) is 4.82. The summed E-state index contributed by atoms with van der Waals surface area (Å²) in [6.07, 6.45) is -6.67. The number of halogens is 1. The molecule has 92 valence electrons. The van der Waals surface area contributed by atoms with E-state index >= 15 is 0 Å². The molecule has 1 aliphatic rings. The van der Waals surface area contributed by atoms with Gasteiger partial charge in [0.05, 0.1) is 6.26 Å². The Morgan fingerprint density at radius 3 is 2.50 bits per heavy atom. The van der Waals surface area contributed by atoms with E-state index in [1.165, 1.54) is 0 Å². The fourth-order valence-corrected chi connectivity index (χ4v) is 1.00. The molecule has 0 aromatic rings. The van der Waals surface area contributed by atoms with Crippen LogP contribution in [0.15, 0.2) is 0 Å². The topological polar surface area (TPSA) is 125 Å². The number of amides is 1. The lowest BCUT2D eigenvalue weighted by Crippen LogP contribution is -2.44. The Bertz CT molecular complexity index is 409. The van der Waals surface area contributed by atoms with Crippen molar-refractivity contribution in [1.29, 1.82) is 0 Å². The molecule has 1 rings (SSSR count). The van der Waals surface area contributed by atoms with E-state index in [-0.39, 0.29) is 4.41 Å². The molecule has 2 N–H and O–H groups in total. The lowest BCUT2D eigenvalue weighted by Gasteiger charge is -2.16. The van der Waals surface area contributed by atoms with Gasteiger partial charge in [0, 0.05) is 0 Å². The average molecular weight is 258 g/mol. The third-order valence-corrected chi connectivity index (χ3v) is 2.25. The number of sulfonamides is 1. The van der Waals surface area contributed by atoms with Crippen LogP contribution in [0.1, 0.15) is 0 Å². The van der Waals surface area contributed by atoms with E-state index in [1.54, 1.807) is 0 Å². The Balaban J connectivity index is 2.62. The minimum absolute atomic E-state index is 0.272. The molecule has 0 bridgehead atoms. The number of hydrazine groups is 1.